The molecule has 1 atom stereocenters. The Morgan fingerprint density at radius 2 is 2.50 bits per heavy atom. The van der Waals surface area contributed by atoms with Crippen LogP contribution in [0.15, 0.2) is 16.5 Å². The zero-order chi connectivity index (χ0) is 6.97. The highest BCUT2D eigenvalue weighted by atomic mass is 15.3. The molecule has 2 aliphatic heterocycles. The molecule has 2 rings (SSSR count). The lowest BCUT2D eigenvalue weighted by Crippen LogP contribution is -2.27. The van der Waals surface area contributed by atoms with E-state index in [-0.39, 0.29) is 6.04 Å². The van der Waals surface area contributed by atoms with Gasteiger partial charge in [-0.1, -0.05) is 0 Å². The Kier molecular flexibility index (Phi) is 1.06. The molecule has 2 heterocycles. The first-order valence-corrected chi connectivity index (χ1v) is 3.38. The van der Waals surface area contributed by atoms with Crippen molar-refractivity contribution in [1.29, 1.82) is 0 Å². The number of rotatable bonds is 0. The van der Waals surface area contributed by atoms with Gasteiger partial charge < -0.3 is 16.0 Å². The van der Waals surface area contributed by atoms with Crippen LogP contribution in [0, 0.1) is 0 Å². The third-order valence-electron chi connectivity index (χ3n) is 1.74. The number of nitrogens with zero attached hydrogens (tertiary/aromatic N) is 1. The Labute approximate surface area is 59.4 Å². The van der Waals surface area contributed by atoms with E-state index in [1.165, 1.54) is 5.70 Å². The standard InChI is InChI=1S/C6H10N4/c1-4-5-6(9-2-7-4)10-3-8-5/h2,4,8,10H,3H2,1H3,(H,7,9). The Morgan fingerprint density at radius 3 is 3.30 bits per heavy atom. The van der Waals surface area contributed by atoms with Crippen molar-refractivity contribution < 1.29 is 0 Å². The maximum atomic E-state index is 4.18. The molecular weight excluding hydrogens is 128 g/mol. The van der Waals surface area contributed by atoms with E-state index in [9.17, 15) is 0 Å². The van der Waals surface area contributed by atoms with E-state index in [0.717, 1.165) is 12.5 Å². The van der Waals surface area contributed by atoms with Crippen LogP contribution >= 0.6 is 0 Å². The first kappa shape index (κ1) is 5.58. The lowest BCUT2D eigenvalue weighted by Gasteiger charge is -2.14. The summed E-state index contributed by atoms with van der Waals surface area (Å²) in [5, 5.41) is 9.38. The maximum Gasteiger partial charge on any atom is 0.127 e. The fourth-order valence-corrected chi connectivity index (χ4v) is 1.18. The monoisotopic (exact) mass is 138 g/mol. The van der Waals surface area contributed by atoms with Crippen LogP contribution < -0.4 is 16.0 Å². The SMILES string of the molecule is CC1N=CNC2=C1NCN2. The predicted octanol–water partition coefficient (Wildman–Crippen LogP) is -0.674. The fraction of sp³-hybridized carbons (Fsp3) is 0.500. The van der Waals surface area contributed by atoms with Crippen LogP contribution in [0.1, 0.15) is 6.92 Å². The number of nitrogens with one attached hydrogen (secondary N) is 3. The molecule has 4 nitrogen and oxygen atoms in total. The summed E-state index contributed by atoms with van der Waals surface area (Å²) in [5.41, 5.74) is 1.17. The summed E-state index contributed by atoms with van der Waals surface area (Å²) < 4.78 is 0. The summed E-state index contributed by atoms with van der Waals surface area (Å²) in [6.07, 6.45) is 1.73. The van der Waals surface area contributed by atoms with Crippen molar-refractivity contribution in [2.75, 3.05) is 6.67 Å². The molecule has 1 unspecified atom stereocenters. The smallest absolute Gasteiger partial charge is 0.127 e. The molecule has 0 aromatic rings. The Hall–Kier alpha value is -1.19. The summed E-state index contributed by atoms with van der Waals surface area (Å²) in [6.45, 7) is 2.87. The summed E-state index contributed by atoms with van der Waals surface area (Å²) >= 11 is 0. The van der Waals surface area contributed by atoms with Crippen molar-refractivity contribution in [2.45, 2.75) is 13.0 Å². The summed E-state index contributed by atoms with van der Waals surface area (Å²) in [7, 11) is 0. The number of hydrogen-bond donors (Lipinski definition) is 3. The molecule has 0 bridgehead atoms. The fourth-order valence-electron chi connectivity index (χ4n) is 1.18. The van der Waals surface area contributed by atoms with Gasteiger partial charge in [-0.3, -0.25) is 4.99 Å². The van der Waals surface area contributed by atoms with Crippen LogP contribution in [0.5, 0.6) is 0 Å². The van der Waals surface area contributed by atoms with Crippen LogP contribution in [0.2, 0.25) is 0 Å². The molecule has 0 aromatic carbocycles. The van der Waals surface area contributed by atoms with E-state index in [1.54, 1.807) is 6.34 Å². The molecule has 0 aliphatic carbocycles. The van der Waals surface area contributed by atoms with Gasteiger partial charge in [-0.25, -0.2) is 0 Å². The van der Waals surface area contributed by atoms with E-state index in [0.29, 0.717) is 0 Å². The maximum absolute atomic E-state index is 4.18. The molecule has 0 radical (unpaired) electrons. The van der Waals surface area contributed by atoms with Gasteiger partial charge in [-0.2, -0.15) is 0 Å². The zero-order valence-electron chi connectivity index (χ0n) is 5.81. The van der Waals surface area contributed by atoms with E-state index in [1.807, 2.05) is 0 Å². The molecule has 10 heavy (non-hydrogen) atoms. The highest BCUT2D eigenvalue weighted by molar-refractivity contribution is 5.60. The van der Waals surface area contributed by atoms with Gasteiger partial charge in [0.05, 0.1) is 24.7 Å². The van der Waals surface area contributed by atoms with Crippen molar-refractivity contribution in [3.63, 3.8) is 0 Å². The highest BCUT2D eigenvalue weighted by Gasteiger charge is 2.19. The van der Waals surface area contributed by atoms with Gasteiger partial charge in [0.25, 0.3) is 0 Å². The van der Waals surface area contributed by atoms with Crippen molar-refractivity contribution >= 4 is 6.34 Å². The average molecular weight is 138 g/mol. The Morgan fingerprint density at radius 1 is 1.60 bits per heavy atom. The first-order valence-electron chi connectivity index (χ1n) is 3.38. The second-order valence-electron chi connectivity index (χ2n) is 2.42. The second-order valence-corrected chi connectivity index (χ2v) is 2.42. The minimum Gasteiger partial charge on any atom is -0.367 e. The van der Waals surface area contributed by atoms with Crippen molar-refractivity contribution in [2.24, 2.45) is 4.99 Å². The lowest BCUT2D eigenvalue weighted by molar-refractivity contribution is 0.741. The lowest BCUT2D eigenvalue weighted by atomic mass is 10.2. The Bertz CT molecular complexity index is 206. The third-order valence-corrected chi connectivity index (χ3v) is 1.74. The van der Waals surface area contributed by atoms with Crippen LogP contribution in [0.3, 0.4) is 0 Å². The molecule has 2 aliphatic rings. The molecule has 0 spiro atoms. The largest absolute Gasteiger partial charge is 0.367 e. The Balaban J connectivity index is 2.26. The topological polar surface area (TPSA) is 48.5 Å². The average Bonchev–Trinajstić information content (AvgIpc) is 2.36. The molecular formula is C6H10N4. The van der Waals surface area contributed by atoms with Gasteiger partial charge >= 0.3 is 0 Å². The quantitative estimate of drug-likeness (QED) is 0.416. The molecule has 0 saturated heterocycles. The summed E-state index contributed by atoms with van der Waals surface area (Å²) in [6, 6.07) is 0.270. The van der Waals surface area contributed by atoms with Crippen molar-refractivity contribution in [3.05, 3.63) is 11.5 Å². The minimum atomic E-state index is 0.270. The van der Waals surface area contributed by atoms with E-state index >= 15 is 0 Å². The highest BCUT2D eigenvalue weighted by Crippen LogP contribution is 2.10. The van der Waals surface area contributed by atoms with Gasteiger partial charge in [0, 0.05) is 0 Å². The molecule has 4 heteroatoms. The van der Waals surface area contributed by atoms with Crippen molar-refractivity contribution in [1.82, 2.24) is 16.0 Å². The molecule has 0 fully saturated rings. The summed E-state index contributed by atoms with van der Waals surface area (Å²) in [4.78, 5) is 4.18. The van der Waals surface area contributed by atoms with Crippen LogP contribution in [-0.4, -0.2) is 19.0 Å². The predicted molar refractivity (Wildman–Crippen MR) is 39.3 cm³/mol. The summed E-state index contributed by atoms with van der Waals surface area (Å²) in [5.74, 6) is 1.07. The second kappa shape index (κ2) is 1.90. The molecule has 54 valence electrons. The number of hydrogen-bond acceptors (Lipinski definition) is 4. The number of aliphatic imine (C=N–C) groups is 1. The van der Waals surface area contributed by atoms with Crippen LogP contribution in [0.4, 0.5) is 0 Å². The molecule has 0 saturated carbocycles. The minimum absolute atomic E-state index is 0.270. The van der Waals surface area contributed by atoms with E-state index in [2.05, 4.69) is 27.9 Å². The van der Waals surface area contributed by atoms with Crippen LogP contribution in [-0.2, 0) is 0 Å². The molecule has 0 aromatic heterocycles. The van der Waals surface area contributed by atoms with Gasteiger partial charge in [0.1, 0.15) is 5.82 Å². The first-order chi connectivity index (χ1) is 4.88. The third kappa shape index (κ3) is 0.650. The van der Waals surface area contributed by atoms with Gasteiger partial charge in [-0.05, 0) is 6.92 Å². The van der Waals surface area contributed by atoms with Gasteiger partial charge in [0.2, 0.25) is 0 Å². The van der Waals surface area contributed by atoms with Gasteiger partial charge in [-0.15, -0.1) is 0 Å². The molecule has 3 N–H and O–H groups in total. The normalized spacial score (nSPS) is 28.7. The van der Waals surface area contributed by atoms with E-state index < -0.39 is 0 Å². The molecule has 0 amide bonds. The zero-order valence-corrected chi connectivity index (χ0v) is 5.81. The van der Waals surface area contributed by atoms with Crippen LogP contribution in [0.25, 0.3) is 0 Å². The van der Waals surface area contributed by atoms with Crippen molar-refractivity contribution in [3.8, 4) is 0 Å². The van der Waals surface area contributed by atoms with E-state index in [4.69, 9.17) is 0 Å². The van der Waals surface area contributed by atoms with Gasteiger partial charge in [0.15, 0.2) is 0 Å².